The van der Waals surface area contributed by atoms with Gasteiger partial charge in [0.15, 0.2) is 5.16 Å². The van der Waals surface area contributed by atoms with Crippen molar-refractivity contribution in [3.8, 4) is 0 Å². The van der Waals surface area contributed by atoms with E-state index in [4.69, 9.17) is 0 Å². The maximum Gasteiger partial charge on any atom is 0.251 e. The van der Waals surface area contributed by atoms with Gasteiger partial charge in [-0.1, -0.05) is 23.9 Å². The molecule has 0 saturated carbocycles. The Morgan fingerprint density at radius 1 is 1.43 bits per heavy atom. The molecule has 2 N–H and O–H groups in total. The Bertz CT molecular complexity index is 713. The van der Waals surface area contributed by atoms with Crippen LogP contribution in [0.2, 0.25) is 0 Å². The highest BCUT2D eigenvalue weighted by molar-refractivity contribution is 7.99. The number of rotatable bonds is 7. The minimum Gasteiger partial charge on any atom is -0.349 e. The van der Waals surface area contributed by atoms with Gasteiger partial charge in [0, 0.05) is 24.8 Å². The van der Waals surface area contributed by atoms with Gasteiger partial charge in [-0.2, -0.15) is 0 Å². The van der Waals surface area contributed by atoms with Crippen LogP contribution >= 0.6 is 11.8 Å². The van der Waals surface area contributed by atoms with Crippen LogP contribution in [0, 0.1) is 0 Å². The summed E-state index contributed by atoms with van der Waals surface area (Å²) in [5, 5.41) is 13.8. The highest BCUT2D eigenvalue weighted by atomic mass is 32.2. The summed E-state index contributed by atoms with van der Waals surface area (Å²) in [6.45, 7) is 3.94. The SMILES string of the molecule is C=CCNC(=O)c1cccc(NC(=O)CSc2nncn2C)c1. The summed E-state index contributed by atoms with van der Waals surface area (Å²) >= 11 is 1.29. The van der Waals surface area contributed by atoms with Gasteiger partial charge in [-0.3, -0.25) is 9.59 Å². The number of hydrogen-bond acceptors (Lipinski definition) is 5. The molecule has 7 nitrogen and oxygen atoms in total. The van der Waals surface area contributed by atoms with Crippen LogP contribution in [0.25, 0.3) is 0 Å². The van der Waals surface area contributed by atoms with Crippen LogP contribution in [0.1, 0.15) is 10.4 Å². The molecule has 1 aromatic carbocycles. The zero-order chi connectivity index (χ0) is 16.7. The Kier molecular flexibility index (Phi) is 5.93. The molecule has 1 heterocycles. The van der Waals surface area contributed by atoms with Gasteiger partial charge in [-0.25, -0.2) is 0 Å². The lowest BCUT2D eigenvalue weighted by atomic mass is 10.2. The molecular weight excluding hydrogens is 314 g/mol. The van der Waals surface area contributed by atoms with E-state index in [2.05, 4.69) is 27.4 Å². The zero-order valence-corrected chi connectivity index (χ0v) is 13.5. The molecule has 0 aliphatic rings. The number of nitrogens with zero attached hydrogens (tertiary/aromatic N) is 3. The van der Waals surface area contributed by atoms with E-state index >= 15 is 0 Å². The normalized spacial score (nSPS) is 10.1. The minimum absolute atomic E-state index is 0.179. The predicted octanol–water partition coefficient (Wildman–Crippen LogP) is 1.46. The van der Waals surface area contributed by atoms with Crippen LogP contribution in [0.15, 0.2) is 48.4 Å². The first-order chi connectivity index (χ1) is 11.1. The maximum atomic E-state index is 12.0. The molecule has 0 aliphatic carbocycles. The van der Waals surface area contributed by atoms with Gasteiger partial charge in [0.1, 0.15) is 6.33 Å². The molecule has 8 heteroatoms. The number of thioether (sulfide) groups is 1. The van der Waals surface area contributed by atoms with E-state index in [0.29, 0.717) is 23.0 Å². The van der Waals surface area contributed by atoms with Crippen molar-refractivity contribution >= 4 is 29.3 Å². The first kappa shape index (κ1) is 16.8. The molecule has 2 rings (SSSR count). The van der Waals surface area contributed by atoms with E-state index in [-0.39, 0.29) is 17.6 Å². The molecule has 23 heavy (non-hydrogen) atoms. The van der Waals surface area contributed by atoms with Gasteiger partial charge in [0.2, 0.25) is 5.91 Å². The molecule has 120 valence electrons. The second-order valence-electron chi connectivity index (χ2n) is 4.64. The molecular formula is C15H17N5O2S. The summed E-state index contributed by atoms with van der Waals surface area (Å²) in [4.78, 5) is 23.8. The number of nitrogens with one attached hydrogen (secondary N) is 2. The number of hydrogen-bond donors (Lipinski definition) is 2. The van der Waals surface area contributed by atoms with Crippen LogP contribution in [-0.2, 0) is 11.8 Å². The topological polar surface area (TPSA) is 88.9 Å². The molecule has 0 unspecified atom stereocenters. The summed E-state index contributed by atoms with van der Waals surface area (Å²) in [5.74, 6) is -0.185. The number of carbonyl (C=O) groups excluding carboxylic acids is 2. The Labute approximate surface area is 138 Å². The molecule has 2 amide bonds. The average Bonchev–Trinajstić information content (AvgIpc) is 2.96. The number of carbonyl (C=O) groups is 2. The van der Waals surface area contributed by atoms with Crippen molar-refractivity contribution in [3.63, 3.8) is 0 Å². The third-order valence-electron chi connectivity index (χ3n) is 2.82. The van der Waals surface area contributed by atoms with Gasteiger partial charge < -0.3 is 15.2 Å². The Morgan fingerprint density at radius 3 is 2.96 bits per heavy atom. The number of benzene rings is 1. The standard InChI is InChI=1S/C15H17N5O2S/c1-3-7-16-14(22)11-5-4-6-12(8-11)18-13(21)9-23-15-19-17-10-20(15)2/h3-6,8,10H,1,7,9H2,2H3,(H,16,22)(H,18,21). The van der Waals surface area contributed by atoms with E-state index in [9.17, 15) is 9.59 Å². The second-order valence-corrected chi connectivity index (χ2v) is 5.58. The van der Waals surface area contributed by atoms with E-state index in [0.717, 1.165) is 0 Å². The fourth-order valence-corrected chi connectivity index (χ4v) is 2.42. The quantitative estimate of drug-likeness (QED) is 0.592. The monoisotopic (exact) mass is 331 g/mol. The zero-order valence-electron chi connectivity index (χ0n) is 12.7. The summed E-state index contributed by atoms with van der Waals surface area (Å²) < 4.78 is 1.74. The summed E-state index contributed by atoms with van der Waals surface area (Å²) in [7, 11) is 1.81. The highest BCUT2D eigenvalue weighted by Crippen LogP contribution is 2.15. The molecule has 1 aromatic heterocycles. The molecule has 0 radical (unpaired) electrons. The van der Waals surface area contributed by atoms with Crippen molar-refractivity contribution in [2.45, 2.75) is 5.16 Å². The molecule has 0 spiro atoms. The Morgan fingerprint density at radius 2 is 2.26 bits per heavy atom. The van der Waals surface area contributed by atoms with Crippen LogP contribution in [-0.4, -0.2) is 38.9 Å². The van der Waals surface area contributed by atoms with Gasteiger partial charge >= 0.3 is 0 Å². The smallest absolute Gasteiger partial charge is 0.251 e. The fraction of sp³-hybridized carbons (Fsp3) is 0.200. The minimum atomic E-state index is -0.213. The van der Waals surface area contributed by atoms with Crippen molar-refractivity contribution in [1.82, 2.24) is 20.1 Å². The van der Waals surface area contributed by atoms with Crippen molar-refractivity contribution in [2.24, 2.45) is 7.05 Å². The van der Waals surface area contributed by atoms with Crippen molar-refractivity contribution in [3.05, 3.63) is 48.8 Å². The van der Waals surface area contributed by atoms with Crippen LogP contribution < -0.4 is 10.6 Å². The Balaban J connectivity index is 1.91. The van der Waals surface area contributed by atoms with Crippen molar-refractivity contribution < 1.29 is 9.59 Å². The van der Waals surface area contributed by atoms with Gasteiger partial charge in [0.05, 0.1) is 5.75 Å². The second kappa shape index (κ2) is 8.14. The summed E-state index contributed by atoms with van der Waals surface area (Å²) in [5.41, 5.74) is 1.05. The molecule has 2 aromatic rings. The summed E-state index contributed by atoms with van der Waals surface area (Å²) in [6, 6.07) is 6.76. The lowest BCUT2D eigenvalue weighted by Crippen LogP contribution is -2.23. The van der Waals surface area contributed by atoms with Gasteiger partial charge in [0.25, 0.3) is 5.91 Å². The van der Waals surface area contributed by atoms with Crippen LogP contribution in [0.4, 0.5) is 5.69 Å². The lowest BCUT2D eigenvalue weighted by Gasteiger charge is -2.07. The molecule has 0 fully saturated rings. The van der Waals surface area contributed by atoms with Gasteiger partial charge in [-0.05, 0) is 18.2 Å². The first-order valence-electron chi connectivity index (χ1n) is 6.86. The number of aromatic nitrogens is 3. The largest absolute Gasteiger partial charge is 0.349 e. The molecule has 0 bridgehead atoms. The molecule has 0 aliphatic heterocycles. The van der Waals surface area contributed by atoms with Gasteiger partial charge in [-0.15, -0.1) is 16.8 Å². The highest BCUT2D eigenvalue weighted by Gasteiger charge is 2.09. The average molecular weight is 331 g/mol. The van der Waals surface area contributed by atoms with E-state index in [1.807, 2.05) is 7.05 Å². The van der Waals surface area contributed by atoms with Crippen molar-refractivity contribution in [1.29, 1.82) is 0 Å². The number of anilines is 1. The van der Waals surface area contributed by atoms with Crippen molar-refractivity contribution in [2.75, 3.05) is 17.6 Å². The van der Waals surface area contributed by atoms with E-state index in [1.54, 1.807) is 41.2 Å². The third kappa shape index (κ3) is 4.96. The lowest BCUT2D eigenvalue weighted by molar-refractivity contribution is -0.113. The van der Waals surface area contributed by atoms with E-state index < -0.39 is 0 Å². The first-order valence-corrected chi connectivity index (χ1v) is 7.84. The van der Waals surface area contributed by atoms with Crippen LogP contribution in [0.3, 0.4) is 0 Å². The Hall–Kier alpha value is -2.61. The van der Waals surface area contributed by atoms with E-state index in [1.165, 1.54) is 11.8 Å². The molecule has 0 atom stereocenters. The van der Waals surface area contributed by atoms with Crippen LogP contribution in [0.5, 0.6) is 0 Å². The third-order valence-corrected chi connectivity index (χ3v) is 3.85. The summed E-state index contributed by atoms with van der Waals surface area (Å²) in [6.07, 6.45) is 3.18. The predicted molar refractivity (Wildman–Crippen MR) is 89.3 cm³/mol. The molecule has 0 saturated heterocycles. The number of aryl methyl sites for hydroxylation is 1. The number of amides is 2. The maximum absolute atomic E-state index is 12.0. The fourth-order valence-electron chi connectivity index (χ4n) is 1.74.